The van der Waals surface area contributed by atoms with E-state index < -0.39 is 0 Å². The molecule has 0 N–H and O–H groups in total. The lowest BCUT2D eigenvalue weighted by atomic mass is 9.33. The van der Waals surface area contributed by atoms with Crippen molar-refractivity contribution < 1.29 is 4.42 Å². The van der Waals surface area contributed by atoms with Gasteiger partial charge in [0.25, 0.3) is 6.71 Å². The minimum Gasteiger partial charge on any atom is -0.456 e. The summed E-state index contributed by atoms with van der Waals surface area (Å²) in [4.78, 5) is 5.57. The molecule has 18 aromatic rings. The number of hydrogen-bond acceptors (Lipinski definition) is 3. The van der Waals surface area contributed by atoms with Crippen LogP contribution < -0.4 is 26.2 Å². The lowest BCUT2D eigenvalue weighted by Crippen LogP contribution is -2.61. The molecule has 586 valence electrons. The second kappa shape index (κ2) is 25.0. The van der Waals surface area contributed by atoms with Crippen LogP contribution in [0.15, 0.2) is 271 Å². The molecule has 0 amide bonds. The molecule has 6 nitrogen and oxygen atoms in total. The van der Waals surface area contributed by atoms with Crippen LogP contribution in [-0.4, -0.2) is 20.4 Å². The minimum absolute atomic E-state index is 0.187. The average molecular weight is 1560 g/mol. The van der Waals surface area contributed by atoms with Gasteiger partial charge in [0.2, 0.25) is 0 Å². The average Bonchev–Trinajstić information content (AvgIpc) is 1.59. The zero-order chi connectivity index (χ0) is 78.4. The molecular weight excluding hydrogens is 1470 g/mol. The van der Waals surface area contributed by atoms with Crippen molar-refractivity contribution in [2.45, 2.75) is 164 Å². The summed E-state index contributed by atoms with van der Waals surface area (Å²) in [5, 5.41) is 12.8. The number of aromatic nitrogens is 3. The second-order valence-electron chi connectivity index (χ2n) is 40.3. The Kier molecular flexibility index (Phi) is 14.0. The van der Waals surface area contributed by atoms with Gasteiger partial charge < -0.3 is 27.9 Å². The number of furan rings is 1. The van der Waals surface area contributed by atoms with Crippen molar-refractivity contribution in [2.24, 2.45) is 35.5 Å². The van der Waals surface area contributed by atoms with Gasteiger partial charge in [-0.2, -0.15) is 0 Å². The van der Waals surface area contributed by atoms with Gasteiger partial charge in [-0.15, -0.1) is 0 Å². The van der Waals surface area contributed by atoms with E-state index in [0.29, 0.717) is 11.8 Å². The highest BCUT2D eigenvalue weighted by Gasteiger charge is 2.54. The number of para-hydroxylation sites is 4. The molecule has 14 aromatic carbocycles. The molecule has 4 aromatic heterocycles. The van der Waals surface area contributed by atoms with E-state index in [4.69, 9.17) is 4.42 Å². The number of benzene rings is 14. The van der Waals surface area contributed by atoms with E-state index in [0.717, 1.165) is 63.1 Å². The summed E-state index contributed by atoms with van der Waals surface area (Å²) in [6, 6.07) is 108. The summed E-state index contributed by atoms with van der Waals surface area (Å²) in [6.45, 7) is -0.199. The predicted octanol–water partition coefficient (Wildman–Crippen LogP) is 28.8. The van der Waals surface area contributed by atoms with Crippen LogP contribution in [0, 0.1) is 35.5 Å². The number of rotatable bonds is 9. The lowest BCUT2D eigenvalue weighted by molar-refractivity contribution is -0.00524. The van der Waals surface area contributed by atoms with Crippen molar-refractivity contribution in [3.63, 3.8) is 0 Å². The molecule has 0 saturated heterocycles. The van der Waals surface area contributed by atoms with E-state index in [9.17, 15) is 0 Å². The van der Waals surface area contributed by atoms with Gasteiger partial charge in [-0.25, -0.2) is 0 Å². The summed E-state index contributed by atoms with van der Waals surface area (Å²) in [7, 11) is 0. The molecule has 10 fully saturated rings. The molecule has 8 bridgehead atoms. The molecular formula is C114H96BN5O. The summed E-state index contributed by atoms with van der Waals surface area (Å²) in [6.07, 6.45) is 29.2. The topological polar surface area (TPSA) is 34.4 Å². The van der Waals surface area contributed by atoms with Crippen LogP contribution >= 0.6 is 0 Å². The molecule has 2 aliphatic heterocycles. The molecule has 6 heterocycles. The van der Waals surface area contributed by atoms with Gasteiger partial charge >= 0.3 is 0 Å². The van der Waals surface area contributed by atoms with Crippen LogP contribution in [0.5, 0.6) is 0 Å². The van der Waals surface area contributed by atoms with E-state index in [-0.39, 0.29) is 17.5 Å². The van der Waals surface area contributed by atoms with E-state index >= 15 is 0 Å². The van der Waals surface area contributed by atoms with Crippen molar-refractivity contribution in [2.75, 3.05) is 9.80 Å². The Balaban J connectivity index is 0.759. The quantitative estimate of drug-likeness (QED) is 0.135. The first kappa shape index (κ1) is 67.9. The van der Waals surface area contributed by atoms with Crippen molar-refractivity contribution in [1.82, 2.24) is 13.7 Å². The fourth-order valence-corrected chi connectivity index (χ4v) is 29.6. The van der Waals surface area contributed by atoms with Crippen LogP contribution in [0.1, 0.15) is 175 Å². The maximum atomic E-state index is 6.89. The van der Waals surface area contributed by atoms with Gasteiger partial charge in [0.1, 0.15) is 11.2 Å². The normalized spacial score (nSPS) is 23.8. The monoisotopic (exact) mass is 1560 g/mol. The van der Waals surface area contributed by atoms with Gasteiger partial charge in [0.05, 0.1) is 44.5 Å². The Morgan fingerprint density at radius 2 is 0.760 bits per heavy atom. The zero-order valence-corrected chi connectivity index (χ0v) is 68.8. The summed E-state index contributed by atoms with van der Waals surface area (Å²) in [5.74, 6) is 5.98. The standard InChI is InChI=1S/C114H96BN5O/c1-3-17-73(18-4-1)75-33-39-87-85-23-9-12-30-98(85)116(101(87)53-75)79-36-43-97-105(57-79)120(100-45-42-92-84-22-8-7-21-83(84)91-27-16-29-94(100)110(91)92)107-60-81(118-102-54-76(113-61-67-47-68(62-113)49-69(48-67)63-113)34-40-88(102)89-41-35-77(55-103(89)118)114-64-70-50-71(65-114)52-72(51-70)66-114)59-106-111(107)115(97)96-44-37-80(58-104(96)117(106)78-38-46-109-95(56-78)90-25-11-14-32-108(90)121-109)119-99-31-13-10-24-86(99)93-28-15-26-82(112(93)119)74-19-5-2-6-20-74/h7-16,21-46,53-60,67-74H,1-6,17-20,47-52,61-66H2. The van der Waals surface area contributed by atoms with Crippen molar-refractivity contribution in [3.8, 4) is 39.3 Å². The van der Waals surface area contributed by atoms with E-state index in [2.05, 4.69) is 290 Å². The van der Waals surface area contributed by atoms with Crippen LogP contribution in [0.4, 0.5) is 34.1 Å². The Morgan fingerprint density at radius 1 is 0.289 bits per heavy atom. The molecule has 0 atom stereocenters. The van der Waals surface area contributed by atoms with Gasteiger partial charge in [0.15, 0.2) is 0 Å². The lowest BCUT2D eigenvalue weighted by Gasteiger charge is -2.57. The fraction of sp³-hybridized carbons (Fsp3) is 0.281. The summed E-state index contributed by atoms with van der Waals surface area (Å²) >= 11 is 0. The fourth-order valence-electron chi connectivity index (χ4n) is 29.6. The van der Waals surface area contributed by atoms with Crippen LogP contribution in [0.3, 0.4) is 0 Å². The molecule has 121 heavy (non-hydrogen) atoms. The highest BCUT2D eigenvalue weighted by molar-refractivity contribution is 7.00. The third-order valence-corrected chi connectivity index (χ3v) is 33.8. The maximum absolute atomic E-state index is 6.89. The van der Waals surface area contributed by atoms with E-state index in [1.165, 1.54) is 313 Å². The first-order valence-corrected chi connectivity index (χ1v) is 46.6. The summed E-state index contributed by atoms with van der Waals surface area (Å²) in [5.41, 5.74) is 36.0. The first-order chi connectivity index (χ1) is 59.8. The minimum atomic E-state index is -0.199. The molecule has 0 unspecified atom stereocenters. The Morgan fingerprint density at radius 3 is 1.41 bits per heavy atom. The number of nitrogens with zero attached hydrogens (tertiary/aromatic N) is 5. The Hall–Kier alpha value is -11.8. The molecule has 31 rings (SSSR count). The summed E-state index contributed by atoms with van der Waals surface area (Å²) < 4.78 is 15.1. The third-order valence-electron chi connectivity index (χ3n) is 33.8. The van der Waals surface area contributed by atoms with Crippen molar-refractivity contribution in [1.29, 1.82) is 0 Å². The van der Waals surface area contributed by atoms with Gasteiger partial charge in [-0.3, -0.25) is 0 Å². The zero-order valence-electron chi connectivity index (χ0n) is 68.8. The second-order valence-corrected chi connectivity index (χ2v) is 40.3. The molecule has 0 spiro atoms. The first-order valence-electron chi connectivity index (χ1n) is 46.6. The number of anilines is 6. The molecule has 11 aliphatic carbocycles. The number of fused-ring (bicyclic) bond motifs is 19. The SMILES string of the molecule is c1ccc2c(c1)-c1cccc3c(N4c5cc(-n6c7ccccc7c7ccc(C8CCCCC8)cc76)ccc5B5c6ccc(-n7c8ccccc8c8cccc(C9CCCCC9)c87)cc6N(c6ccc7oc8ccccc8c7c6)c6cc(-n7c8cc(C9%10CC%11CC(CC(C%11)C9)C%10)ccc8c8ccc(C9%10CC%11CC(CC(C%11)C9)C%10)cc87)cc4c65)ccc-2c13. The Bertz CT molecular complexity index is 7370. The van der Waals surface area contributed by atoms with Crippen LogP contribution in [0.2, 0.25) is 0 Å². The largest absolute Gasteiger partial charge is 0.456 e. The van der Waals surface area contributed by atoms with Crippen molar-refractivity contribution >= 4 is 155 Å². The molecule has 13 aliphatic rings. The van der Waals surface area contributed by atoms with Crippen molar-refractivity contribution in [3.05, 3.63) is 289 Å². The van der Waals surface area contributed by atoms with Gasteiger partial charge in [-0.1, -0.05) is 208 Å². The molecule has 10 saturated carbocycles. The predicted molar refractivity (Wildman–Crippen MR) is 504 cm³/mol. The number of hydrogen-bond donors (Lipinski definition) is 0. The highest BCUT2D eigenvalue weighted by Crippen LogP contribution is 2.64. The Labute approximate surface area is 706 Å². The van der Waals surface area contributed by atoms with Crippen LogP contribution in [0.25, 0.3) is 137 Å². The van der Waals surface area contributed by atoms with E-state index in [1.807, 2.05) is 0 Å². The third kappa shape index (κ3) is 9.57. The highest BCUT2D eigenvalue weighted by atomic mass is 16.3. The van der Waals surface area contributed by atoms with Gasteiger partial charge in [-0.05, 0) is 324 Å². The smallest absolute Gasteiger partial charge is 0.252 e. The molecule has 7 heteroatoms. The van der Waals surface area contributed by atoms with Crippen LogP contribution in [-0.2, 0) is 10.8 Å². The maximum Gasteiger partial charge on any atom is 0.252 e. The molecule has 0 radical (unpaired) electrons. The van der Waals surface area contributed by atoms with Gasteiger partial charge in [0, 0.05) is 88.3 Å². The van der Waals surface area contributed by atoms with E-state index in [1.54, 1.807) is 11.1 Å².